The van der Waals surface area contributed by atoms with Crippen LogP contribution in [0.15, 0.2) is 16.7 Å². The number of rotatable bonds is 1. The molecule has 0 saturated carbocycles. The Morgan fingerprint density at radius 1 is 1.39 bits per heavy atom. The minimum Gasteiger partial charge on any atom is -0.464 e. The molecule has 18 heavy (non-hydrogen) atoms. The number of carbonyl (C=O) groups is 1. The van der Waals surface area contributed by atoms with Crippen molar-refractivity contribution in [3.05, 3.63) is 33.8 Å². The number of hydrogen-bond acceptors (Lipinski definition) is 3. The van der Waals surface area contributed by atoms with Gasteiger partial charge in [-0.2, -0.15) is 0 Å². The largest absolute Gasteiger partial charge is 0.464 e. The maximum absolute atomic E-state index is 11.6. The van der Waals surface area contributed by atoms with Gasteiger partial charge in [0.25, 0.3) is 0 Å². The Kier molecular flexibility index (Phi) is 4.90. The molecule has 0 saturated heterocycles. The van der Waals surface area contributed by atoms with Gasteiger partial charge in [-0.3, -0.25) is 0 Å². The topological polar surface area (TPSA) is 43.6 Å². The van der Waals surface area contributed by atoms with Crippen LogP contribution in [0.5, 0.6) is 0 Å². The SMILES string of the molecule is CC.COC(=O)c1nc(C)cn2c(C)c(Br)cc12. The van der Waals surface area contributed by atoms with E-state index in [9.17, 15) is 4.79 Å². The van der Waals surface area contributed by atoms with E-state index in [0.717, 1.165) is 21.4 Å². The van der Waals surface area contributed by atoms with E-state index < -0.39 is 5.97 Å². The molecule has 0 aromatic carbocycles. The molecule has 0 radical (unpaired) electrons. The molecule has 0 bridgehead atoms. The Hall–Kier alpha value is -1.36. The number of nitrogens with zero attached hydrogens (tertiary/aromatic N) is 2. The summed E-state index contributed by atoms with van der Waals surface area (Å²) in [6.07, 6.45) is 1.89. The van der Waals surface area contributed by atoms with Gasteiger partial charge in [-0.05, 0) is 35.8 Å². The van der Waals surface area contributed by atoms with E-state index in [1.807, 2.05) is 44.4 Å². The van der Waals surface area contributed by atoms with Gasteiger partial charge >= 0.3 is 5.97 Å². The highest BCUT2D eigenvalue weighted by atomic mass is 79.9. The lowest BCUT2D eigenvalue weighted by Gasteiger charge is -2.05. The van der Waals surface area contributed by atoms with Crippen molar-refractivity contribution in [3.63, 3.8) is 0 Å². The van der Waals surface area contributed by atoms with Gasteiger partial charge in [0.2, 0.25) is 0 Å². The van der Waals surface area contributed by atoms with Crippen molar-refractivity contribution >= 4 is 27.4 Å². The molecule has 0 aliphatic carbocycles. The lowest BCUT2D eigenvalue weighted by atomic mass is 10.3. The number of methoxy groups -OCH3 is 1. The Morgan fingerprint density at radius 3 is 2.56 bits per heavy atom. The molecular formula is C13H17BrN2O2. The highest BCUT2D eigenvalue weighted by molar-refractivity contribution is 9.10. The number of carbonyl (C=O) groups excluding carboxylic acids is 1. The van der Waals surface area contributed by atoms with E-state index in [1.165, 1.54) is 7.11 Å². The molecule has 0 N–H and O–H groups in total. The van der Waals surface area contributed by atoms with Crippen LogP contribution in [0.1, 0.15) is 35.7 Å². The average molecular weight is 313 g/mol. The Labute approximate surface area is 115 Å². The van der Waals surface area contributed by atoms with Crippen LogP contribution in [0.25, 0.3) is 5.52 Å². The third-order valence-electron chi connectivity index (χ3n) is 2.46. The van der Waals surface area contributed by atoms with Gasteiger partial charge in [0.05, 0.1) is 18.3 Å². The molecule has 2 aromatic heterocycles. The molecule has 0 aliphatic rings. The fourth-order valence-electron chi connectivity index (χ4n) is 1.63. The summed E-state index contributed by atoms with van der Waals surface area (Å²) in [5.41, 5.74) is 2.91. The lowest BCUT2D eigenvalue weighted by molar-refractivity contribution is 0.0595. The molecule has 0 fully saturated rings. The van der Waals surface area contributed by atoms with Crippen molar-refractivity contribution in [2.24, 2.45) is 0 Å². The Morgan fingerprint density at radius 2 is 2.00 bits per heavy atom. The maximum atomic E-state index is 11.6. The summed E-state index contributed by atoms with van der Waals surface area (Å²) in [6, 6.07) is 1.87. The van der Waals surface area contributed by atoms with Crippen LogP contribution in [-0.2, 0) is 4.74 Å². The number of aryl methyl sites for hydroxylation is 2. The summed E-state index contributed by atoms with van der Waals surface area (Å²) in [4.78, 5) is 15.8. The van der Waals surface area contributed by atoms with Gasteiger partial charge in [-0.1, -0.05) is 13.8 Å². The first-order valence-corrected chi connectivity index (χ1v) is 6.57. The Bertz CT molecular complexity index is 576. The zero-order valence-electron chi connectivity index (χ0n) is 11.2. The number of esters is 1. The van der Waals surface area contributed by atoms with Crippen molar-refractivity contribution in [1.29, 1.82) is 0 Å². The zero-order valence-corrected chi connectivity index (χ0v) is 12.8. The van der Waals surface area contributed by atoms with Crippen LogP contribution in [-0.4, -0.2) is 22.5 Å². The summed E-state index contributed by atoms with van der Waals surface area (Å²) < 4.78 is 7.60. The summed E-state index contributed by atoms with van der Waals surface area (Å²) in [5.74, 6) is -0.418. The monoisotopic (exact) mass is 312 g/mol. The smallest absolute Gasteiger partial charge is 0.358 e. The highest BCUT2D eigenvalue weighted by Crippen LogP contribution is 2.23. The summed E-state index contributed by atoms with van der Waals surface area (Å²) in [6.45, 7) is 7.82. The minimum absolute atomic E-state index is 0.344. The van der Waals surface area contributed by atoms with E-state index in [0.29, 0.717) is 5.69 Å². The molecule has 0 atom stereocenters. The van der Waals surface area contributed by atoms with E-state index in [1.54, 1.807) is 0 Å². The number of aromatic nitrogens is 2. The van der Waals surface area contributed by atoms with Gasteiger partial charge in [0.1, 0.15) is 0 Å². The number of fused-ring (bicyclic) bond motifs is 1. The molecular weight excluding hydrogens is 296 g/mol. The van der Waals surface area contributed by atoms with Crippen LogP contribution < -0.4 is 0 Å². The van der Waals surface area contributed by atoms with Crippen molar-refractivity contribution in [3.8, 4) is 0 Å². The third-order valence-corrected chi connectivity index (χ3v) is 3.26. The van der Waals surface area contributed by atoms with Crippen LogP contribution in [0.4, 0.5) is 0 Å². The van der Waals surface area contributed by atoms with Crippen LogP contribution >= 0.6 is 15.9 Å². The Balaban J connectivity index is 0.000000771. The molecule has 98 valence electrons. The zero-order chi connectivity index (χ0) is 13.9. The van der Waals surface area contributed by atoms with Gasteiger partial charge in [0, 0.05) is 16.4 Å². The van der Waals surface area contributed by atoms with Crippen molar-refractivity contribution in [2.75, 3.05) is 7.11 Å². The van der Waals surface area contributed by atoms with Gasteiger partial charge in [-0.25, -0.2) is 9.78 Å². The second kappa shape index (κ2) is 6.00. The standard InChI is InChI=1S/C11H11BrN2O2.C2H6/c1-6-5-14-7(2)8(12)4-9(14)10(13-6)11(15)16-3;1-2/h4-5H,1-3H3;1-2H3. The molecule has 5 heteroatoms. The number of ether oxygens (including phenoxy) is 1. The molecule has 0 aliphatic heterocycles. The van der Waals surface area contributed by atoms with Gasteiger partial charge in [-0.15, -0.1) is 0 Å². The number of hydrogen-bond donors (Lipinski definition) is 0. The molecule has 2 heterocycles. The first-order valence-electron chi connectivity index (χ1n) is 5.77. The number of halogens is 1. The predicted octanol–water partition coefficient (Wildman–Crippen LogP) is 3.53. The molecule has 2 rings (SSSR count). The van der Waals surface area contributed by atoms with Crippen LogP contribution in [0.3, 0.4) is 0 Å². The van der Waals surface area contributed by atoms with Crippen LogP contribution in [0, 0.1) is 13.8 Å². The van der Waals surface area contributed by atoms with E-state index in [2.05, 4.69) is 20.9 Å². The molecule has 2 aromatic rings. The lowest BCUT2D eigenvalue weighted by Crippen LogP contribution is -2.08. The van der Waals surface area contributed by atoms with Gasteiger partial charge in [0.15, 0.2) is 5.69 Å². The molecule has 0 amide bonds. The van der Waals surface area contributed by atoms with Crippen molar-refractivity contribution in [1.82, 2.24) is 9.38 Å². The van der Waals surface area contributed by atoms with E-state index in [4.69, 9.17) is 4.74 Å². The van der Waals surface area contributed by atoms with E-state index in [-0.39, 0.29) is 0 Å². The second-order valence-corrected chi connectivity index (χ2v) is 4.41. The molecule has 4 nitrogen and oxygen atoms in total. The normalized spacial score (nSPS) is 9.89. The summed E-state index contributed by atoms with van der Waals surface area (Å²) in [5, 5.41) is 0. The summed E-state index contributed by atoms with van der Waals surface area (Å²) >= 11 is 3.44. The predicted molar refractivity (Wildman–Crippen MR) is 75.1 cm³/mol. The fourth-order valence-corrected chi connectivity index (χ4v) is 2.04. The van der Waals surface area contributed by atoms with Crippen molar-refractivity contribution < 1.29 is 9.53 Å². The van der Waals surface area contributed by atoms with Gasteiger partial charge < -0.3 is 9.14 Å². The summed E-state index contributed by atoms with van der Waals surface area (Å²) in [7, 11) is 1.35. The van der Waals surface area contributed by atoms with Crippen molar-refractivity contribution in [2.45, 2.75) is 27.7 Å². The highest BCUT2D eigenvalue weighted by Gasteiger charge is 2.16. The first-order chi connectivity index (χ1) is 8.54. The molecule has 0 spiro atoms. The maximum Gasteiger partial charge on any atom is 0.358 e. The second-order valence-electron chi connectivity index (χ2n) is 3.56. The van der Waals surface area contributed by atoms with Crippen LogP contribution in [0.2, 0.25) is 0 Å². The average Bonchev–Trinajstić information content (AvgIpc) is 2.67. The third kappa shape index (κ3) is 2.56. The fraction of sp³-hybridized carbons (Fsp3) is 0.385. The van der Waals surface area contributed by atoms with E-state index >= 15 is 0 Å². The first kappa shape index (κ1) is 14.7. The minimum atomic E-state index is -0.418. The quantitative estimate of drug-likeness (QED) is 0.757. The molecule has 0 unspecified atom stereocenters.